The fourth-order valence-electron chi connectivity index (χ4n) is 3.89. The molecular formula is C20H30N4O3. The van der Waals surface area contributed by atoms with Crippen LogP contribution in [0.3, 0.4) is 0 Å². The molecule has 2 fully saturated rings. The van der Waals surface area contributed by atoms with Gasteiger partial charge in [-0.25, -0.2) is 4.79 Å². The summed E-state index contributed by atoms with van der Waals surface area (Å²) in [5.74, 6) is 0.171. The molecule has 2 saturated heterocycles. The van der Waals surface area contributed by atoms with E-state index in [0.29, 0.717) is 13.0 Å². The van der Waals surface area contributed by atoms with E-state index in [-0.39, 0.29) is 30.2 Å². The topological polar surface area (TPSA) is 73.9 Å². The first-order chi connectivity index (χ1) is 12.9. The second-order valence-corrected chi connectivity index (χ2v) is 7.62. The van der Waals surface area contributed by atoms with Crippen LogP contribution in [-0.4, -0.2) is 61.3 Å². The first-order valence-corrected chi connectivity index (χ1v) is 9.77. The Labute approximate surface area is 161 Å². The van der Waals surface area contributed by atoms with Crippen molar-refractivity contribution < 1.29 is 14.3 Å². The highest BCUT2D eigenvalue weighted by Crippen LogP contribution is 2.28. The minimum atomic E-state index is -0.254. The van der Waals surface area contributed by atoms with E-state index < -0.39 is 0 Å². The van der Waals surface area contributed by atoms with Crippen LogP contribution in [0.1, 0.15) is 33.6 Å². The monoisotopic (exact) mass is 374 g/mol. The summed E-state index contributed by atoms with van der Waals surface area (Å²) < 4.78 is 5.81. The van der Waals surface area contributed by atoms with E-state index in [1.54, 1.807) is 0 Å². The molecular weight excluding hydrogens is 344 g/mol. The maximum absolute atomic E-state index is 12.5. The molecule has 2 N–H and O–H groups in total. The highest BCUT2D eigenvalue weighted by molar-refractivity contribution is 5.93. The van der Waals surface area contributed by atoms with Gasteiger partial charge in [-0.15, -0.1) is 0 Å². The molecule has 7 nitrogen and oxygen atoms in total. The molecule has 0 aromatic heterocycles. The Hall–Kier alpha value is -2.28. The van der Waals surface area contributed by atoms with Gasteiger partial charge < -0.3 is 25.2 Å². The number of hydrogen-bond acceptors (Lipinski definition) is 4. The van der Waals surface area contributed by atoms with Crippen LogP contribution >= 0.6 is 0 Å². The number of anilines is 2. The first kappa shape index (κ1) is 19.5. The molecule has 148 valence electrons. The maximum atomic E-state index is 12.5. The van der Waals surface area contributed by atoms with Gasteiger partial charge >= 0.3 is 6.03 Å². The lowest BCUT2D eigenvalue weighted by Gasteiger charge is -2.37. The molecule has 3 rings (SSSR count). The molecule has 3 atom stereocenters. The molecule has 3 amide bonds. The van der Waals surface area contributed by atoms with Gasteiger partial charge in [-0.3, -0.25) is 4.79 Å². The number of carbonyl (C=O) groups excluding carboxylic acids is 2. The Kier molecular flexibility index (Phi) is 6.21. The van der Waals surface area contributed by atoms with Crippen molar-refractivity contribution in [3.05, 3.63) is 24.3 Å². The molecule has 27 heavy (non-hydrogen) atoms. The summed E-state index contributed by atoms with van der Waals surface area (Å²) in [6.45, 7) is 8.95. The van der Waals surface area contributed by atoms with E-state index in [4.69, 9.17) is 4.74 Å². The Morgan fingerprint density at radius 3 is 2.63 bits per heavy atom. The Balaban J connectivity index is 1.60. The first-order valence-electron chi connectivity index (χ1n) is 9.77. The number of morpholine rings is 1. The van der Waals surface area contributed by atoms with Gasteiger partial charge in [0.1, 0.15) is 0 Å². The third-order valence-electron chi connectivity index (χ3n) is 4.96. The lowest BCUT2D eigenvalue weighted by atomic mass is 10.1. The van der Waals surface area contributed by atoms with E-state index >= 15 is 0 Å². The van der Waals surface area contributed by atoms with Crippen LogP contribution in [-0.2, 0) is 9.53 Å². The second kappa shape index (κ2) is 8.61. The van der Waals surface area contributed by atoms with E-state index in [1.807, 2.05) is 36.1 Å². The van der Waals surface area contributed by atoms with Crippen molar-refractivity contribution in [1.82, 2.24) is 10.2 Å². The summed E-state index contributed by atoms with van der Waals surface area (Å²) in [7, 11) is 0. The fourth-order valence-corrected chi connectivity index (χ4v) is 3.89. The highest BCUT2D eigenvalue weighted by Gasteiger charge is 2.25. The number of amides is 3. The van der Waals surface area contributed by atoms with Crippen molar-refractivity contribution in [1.29, 1.82) is 0 Å². The predicted octanol–water partition coefficient (Wildman–Crippen LogP) is 2.43. The summed E-state index contributed by atoms with van der Waals surface area (Å²) in [6.07, 6.45) is 1.81. The zero-order chi connectivity index (χ0) is 19.4. The van der Waals surface area contributed by atoms with Gasteiger partial charge in [-0.1, -0.05) is 12.1 Å². The Morgan fingerprint density at radius 2 is 1.96 bits per heavy atom. The molecule has 2 aliphatic rings. The van der Waals surface area contributed by atoms with E-state index in [9.17, 15) is 9.59 Å². The summed E-state index contributed by atoms with van der Waals surface area (Å²) in [5, 5.41) is 5.90. The van der Waals surface area contributed by atoms with E-state index in [0.717, 1.165) is 37.4 Å². The molecule has 2 aliphatic heterocycles. The number of nitrogens with zero attached hydrogens (tertiary/aromatic N) is 2. The lowest BCUT2D eigenvalue weighted by Crippen LogP contribution is -2.46. The van der Waals surface area contributed by atoms with E-state index in [1.165, 1.54) is 0 Å². The standard InChI is InChI=1S/C20H30N4O3/c1-14(11-23-10-6-9-19(23)25)21-20(26)22-17-7-4-5-8-18(17)24-12-15(2)27-16(3)13-24/h4-5,7-8,14-16H,6,9-13H2,1-3H3,(H2,21,22,26). The smallest absolute Gasteiger partial charge is 0.319 e. The van der Waals surface area contributed by atoms with Gasteiger partial charge in [0.15, 0.2) is 0 Å². The van der Waals surface area contributed by atoms with Crippen LogP contribution in [0.25, 0.3) is 0 Å². The number of benzene rings is 1. The maximum Gasteiger partial charge on any atom is 0.319 e. The highest BCUT2D eigenvalue weighted by atomic mass is 16.5. The van der Waals surface area contributed by atoms with Gasteiger partial charge in [0.25, 0.3) is 0 Å². The number of hydrogen-bond donors (Lipinski definition) is 2. The quantitative estimate of drug-likeness (QED) is 0.830. The molecule has 1 aromatic rings. The second-order valence-electron chi connectivity index (χ2n) is 7.62. The zero-order valence-corrected chi connectivity index (χ0v) is 16.4. The predicted molar refractivity (Wildman–Crippen MR) is 106 cm³/mol. The van der Waals surface area contributed by atoms with E-state index in [2.05, 4.69) is 29.4 Å². The van der Waals surface area contributed by atoms with Crippen LogP contribution in [0, 0.1) is 0 Å². The Morgan fingerprint density at radius 1 is 1.26 bits per heavy atom. The number of urea groups is 1. The van der Waals surface area contributed by atoms with Crippen molar-refractivity contribution in [3.8, 4) is 0 Å². The molecule has 0 bridgehead atoms. The van der Waals surface area contributed by atoms with Crippen LogP contribution in [0.2, 0.25) is 0 Å². The molecule has 2 heterocycles. The van der Waals surface area contributed by atoms with Crippen LogP contribution in [0.5, 0.6) is 0 Å². The largest absolute Gasteiger partial charge is 0.372 e. The fraction of sp³-hybridized carbons (Fsp3) is 0.600. The van der Waals surface area contributed by atoms with Crippen molar-refractivity contribution >= 4 is 23.3 Å². The third kappa shape index (κ3) is 5.13. The number of ether oxygens (including phenoxy) is 1. The summed E-state index contributed by atoms with van der Waals surface area (Å²) in [5.41, 5.74) is 1.78. The number of rotatable bonds is 5. The van der Waals surface area contributed by atoms with Gasteiger partial charge in [-0.2, -0.15) is 0 Å². The molecule has 7 heteroatoms. The average molecular weight is 374 g/mol. The van der Waals surface area contributed by atoms with Gasteiger partial charge in [0, 0.05) is 38.6 Å². The van der Waals surface area contributed by atoms with Gasteiger partial charge in [-0.05, 0) is 39.3 Å². The van der Waals surface area contributed by atoms with Crippen LogP contribution in [0.4, 0.5) is 16.2 Å². The SMILES string of the molecule is CC(CN1CCCC1=O)NC(=O)Nc1ccccc1N1CC(C)OC(C)C1. The number of carbonyl (C=O) groups is 2. The number of likely N-dealkylation sites (tertiary alicyclic amines) is 1. The molecule has 3 unspecified atom stereocenters. The van der Waals surface area contributed by atoms with Crippen molar-refractivity contribution in [2.45, 2.75) is 51.9 Å². The normalized spacial score (nSPS) is 24.0. The minimum Gasteiger partial charge on any atom is -0.372 e. The average Bonchev–Trinajstić information content (AvgIpc) is 2.99. The van der Waals surface area contributed by atoms with Gasteiger partial charge in [0.05, 0.1) is 23.6 Å². The van der Waals surface area contributed by atoms with Crippen LogP contribution < -0.4 is 15.5 Å². The molecule has 0 radical (unpaired) electrons. The summed E-state index contributed by atoms with van der Waals surface area (Å²) in [4.78, 5) is 28.3. The molecule has 1 aromatic carbocycles. The van der Waals surface area contributed by atoms with Crippen molar-refractivity contribution in [3.63, 3.8) is 0 Å². The molecule has 0 spiro atoms. The Bertz CT molecular complexity index is 671. The number of para-hydroxylation sites is 2. The van der Waals surface area contributed by atoms with Gasteiger partial charge in [0.2, 0.25) is 5.91 Å². The lowest BCUT2D eigenvalue weighted by molar-refractivity contribution is -0.127. The number of nitrogens with one attached hydrogen (secondary N) is 2. The summed E-state index contributed by atoms with van der Waals surface area (Å²) in [6, 6.07) is 7.46. The molecule has 0 saturated carbocycles. The van der Waals surface area contributed by atoms with Crippen LogP contribution in [0.15, 0.2) is 24.3 Å². The molecule has 0 aliphatic carbocycles. The minimum absolute atomic E-state index is 0.109. The van der Waals surface area contributed by atoms with Crippen molar-refractivity contribution in [2.24, 2.45) is 0 Å². The zero-order valence-electron chi connectivity index (χ0n) is 16.4. The summed E-state index contributed by atoms with van der Waals surface area (Å²) >= 11 is 0. The van der Waals surface area contributed by atoms with Crippen molar-refractivity contribution in [2.75, 3.05) is 36.4 Å². The third-order valence-corrected chi connectivity index (χ3v) is 4.96.